The van der Waals surface area contributed by atoms with Gasteiger partial charge in [-0.2, -0.15) is 0 Å². The van der Waals surface area contributed by atoms with Crippen LogP contribution in [0.5, 0.6) is 0 Å². The summed E-state index contributed by atoms with van der Waals surface area (Å²) in [5, 5.41) is -0.361. The molecule has 0 radical (unpaired) electrons. The summed E-state index contributed by atoms with van der Waals surface area (Å²) < 4.78 is 0. The first kappa shape index (κ1) is 7.56. The molecule has 0 heterocycles. The molecule has 0 bridgehead atoms. The molecule has 0 saturated heterocycles. The standard InChI is InChI=1S/C10H7ClO/c11-10(12)9-6-5-7-3-1-2-4-8(7)9/h1-4,6H,5H2. The van der Waals surface area contributed by atoms with E-state index in [4.69, 9.17) is 11.6 Å². The largest absolute Gasteiger partial charge is 0.276 e. The Kier molecular flexibility index (Phi) is 1.74. The molecule has 0 aliphatic heterocycles. The first-order valence-corrected chi connectivity index (χ1v) is 4.15. The number of carbonyl (C=O) groups excluding carboxylic acids is 1. The summed E-state index contributed by atoms with van der Waals surface area (Å²) in [6.07, 6.45) is 2.70. The average molecular weight is 179 g/mol. The molecule has 1 aromatic carbocycles. The molecule has 1 nitrogen and oxygen atoms in total. The third-order valence-corrected chi connectivity index (χ3v) is 2.25. The second kappa shape index (κ2) is 2.76. The van der Waals surface area contributed by atoms with Crippen molar-refractivity contribution in [2.75, 3.05) is 0 Å². The van der Waals surface area contributed by atoms with Crippen molar-refractivity contribution in [3.8, 4) is 0 Å². The van der Waals surface area contributed by atoms with Crippen LogP contribution in [-0.2, 0) is 11.2 Å². The van der Waals surface area contributed by atoms with Crippen LogP contribution in [0.15, 0.2) is 30.3 Å². The summed E-state index contributed by atoms with van der Waals surface area (Å²) in [6, 6.07) is 7.82. The minimum Gasteiger partial charge on any atom is -0.276 e. The van der Waals surface area contributed by atoms with Crippen molar-refractivity contribution in [3.05, 3.63) is 41.5 Å². The number of rotatable bonds is 1. The van der Waals surface area contributed by atoms with Gasteiger partial charge < -0.3 is 0 Å². The van der Waals surface area contributed by atoms with E-state index < -0.39 is 0 Å². The number of benzene rings is 1. The lowest BCUT2D eigenvalue weighted by atomic mass is 10.1. The van der Waals surface area contributed by atoms with Crippen molar-refractivity contribution in [3.63, 3.8) is 0 Å². The first-order valence-electron chi connectivity index (χ1n) is 3.77. The number of carbonyl (C=O) groups is 1. The molecule has 1 aromatic rings. The average Bonchev–Trinajstić information content (AvgIpc) is 2.47. The van der Waals surface area contributed by atoms with Gasteiger partial charge >= 0.3 is 0 Å². The quantitative estimate of drug-likeness (QED) is 0.604. The highest BCUT2D eigenvalue weighted by Crippen LogP contribution is 2.28. The molecule has 1 aliphatic rings. The maximum atomic E-state index is 10.9. The monoisotopic (exact) mass is 178 g/mol. The van der Waals surface area contributed by atoms with E-state index in [1.807, 2.05) is 30.3 Å². The summed E-state index contributed by atoms with van der Waals surface area (Å²) in [6.45, 7) is 0. The molecule has 0 saturated carbocycles. The van der Waals surface area contributed by atoms with E-state index >= 15 is 0 Å². The molecule has 0 amide bonds. The van der Waals surface area contributed by atoms with Crippen molar-refractivity contribution in [2.24, 2.45) is 0 Å². The Hall–Kier alpha value is -1.08. The lowest BCUT2D eigenvalue weighted by Crippen LogP contribution is -1.90. The molecule has 0 N–H and O–H groups in total. The summed E-state index contributed by atoms with van der Waals surface area (Å²) in [5.74, 6) is 0. The fourth-order valence-corrected chi connectivity index (χ4v) is 1.65. The fourth-order valence-electron chi connectivity index (χ4n) is 1.47. The Bertz CT molecular complexity index is 366. The lowest BCUT2D eigenvalue weighted by Gasteiger charge is -1.98. The fraction of sp³-hybridized carbons (Fsp3) is 0.100. The number of allylic oxidation sites excluding steroid dienone is 2. The second-order valence-corrected chi connectivity index (χ2v) is 3.10. The van der Waals surface area contributed by atoms with E-state index in [0.29, 0.717) is 5.57 Å². The summed E-state index contributed by atoms with van der Waals surface area (Å²) in [4.78, 5) is 10.9. The summed E-state index contributed by atoms with van der Waals surface area (Å²) >= 11 is 5.40. The maximum Gasteiger partial charge on any atom is 0.252 e. The molecule has 2 rings (SSSR count). The van der Waals surface area contributed by atoms with E-state index in [9.17, 15) is 4.79 Å². The number of hydrogen-bond acceptors (Lipinski definition) is 1. The zero-order chi connectivity index (χ0) is 8.55. The van der Waals surface area contributed by atoms with E-state index in [1.165, 1.54) is 5.56 Å². The van der Waals surface area contributed by atoms with Gasteiger partial charge in [0.05, 0.1) is 0 Å². The van der Waals surface area contributed by atoms with E-state index in [-0.39, 0.29) is 5.24 Å². The van der Waals surface area contributed by atoms with Gasteiger partial charge in [-0.3, -0.25) is 4.79 Å². The predicted molar refractivity (Wildman–Crippen MR) is 49.0 cm³/mol. The Morgan fingerprint density at radius 1 is 1.33 bits per heavy atom. The molecule has 0 unspecified atom stereocenters. The van der Waals surface area contributed by atoms with Crippen molar-refractivity contribution in [1.29, 1.82) is 0 Å². The molecule has 12 heavy (non-hydrogen) atoms. The highest BCUT2D eigenvalue weighted by molar-refractivity contribution is 6.74. The van der Waals surface area contributed by atoms with Gasteiger partial charge in [0.25, 0.3) is 5.24 Å². The van der Waals surface area contributed by atoms with Crippen LogP contribution in [0.1, 0.15) is 11.1 Å². The van der Waals surface area contributed by atoms with Crippen LogP contribution in [0.2, 0.25) is 0 Å². The highest BCUT2D eigenvalue weighted by atomic mass is 35.5. The molecule has 0 aromatic heterocycles. The van der Waals surface area contributed by atoms with Crippen LogP contribution in [0.3, 0.4) is 0 Å². The van der Waals surface area contributed by atoms with Gasteiger partial charge in [0.1, 0.15) is 0 Å². The molecule has 60 valence electrons. The normalized spacial score (nSPS) is 13.9. The van der Waals surface area contributed by atoms with Crippen molar-refractivity contribution >= 4 is 22.4 Å². The van der Waals surface area contributed by atoms with Crippen LogP contribution in [0.4, 0.5) is 0 Å². The van der Waals surface area contributed by atoms with E-state index in [0.717, 1.165) is 12.0 Å². The molecule has 1 aliphatic carbocycles. The molecular weight excluding hydrogens is 172 g/mol. The highest BCUT2D eigenvalue weighted by Gasteiger charge is 2.17. The van der Waals surface area contributed by atoms with Crippen LogP contribution >= 0.6 is 11.6 Å². The molecule has 0 fully saturated rings. The SMILES string of the molecule is O=C(Cl)C1=CCc2ccccc21. The number of fused-ring (bicyclic) bond motifs is 1. The van der Waals surface area contributed by atoms with Crippen LogP contribution in [0, 0.1) is 0 Å². The summed E-state index contributed by atoms with van der Waals surface area (Å²) in [5.41, 5.74) is 2.81. The van der Waals surface area contributed by atoms with E-state index in [1.54, 1.807) is 0 Å². The third-order valence-electron chi connectivity index (χ3n) is 2.05. The Balaban J connectivity index is 2.52. The first-order chi connectivity index (χ1) is 5.79. The van der Waals surface area contributed by atoms with Gasteiger partial charge in [-0.25, -0.2) is 0 Å². The van der Waals surface area contributed by atoms with Crippen LogP contribution in [0.25, 0.3) is 5.57 Å². The Labute approximate surface area is 75.7 Å². The van der Waals surface area contributed by atoms with Crippen LogP contribution in [-0.4, -0.2) is 5.24 Å². The van der Waals surface area contributed by atoms with Gasteiger partial charge in [-0.1, -0.05) is 30.3 Å². The molecule has 0 spiro atoms. The van der Waals surface area contributed by atoms with Gasteiger partial charge in [0.2, 0.25) is 0 Å². The number of halogens is 1. The lowest BCUT2D eigenvalue weighted by molar-refractivity contribution is -0.106. The molecular formula is C10H7ClO. The van der Waals surface area contributed by atoms with Gasteiger partial charge in [0, 0.05) is 5.57 Å². The van der Waals surface area contributed by atoms with Gasteiger partial charge in [-0.05, 0) is 29.1 Å². The minimum absolute atomic E-state index is 0.361. The van der Waals surface area contributed by atoms with Crippen molar-refractivity contribution in [2.45, 2.75) is 6.42 Å². The van der Waals surface area contributed by atoms with Crippen LogP contribution < -0.4 is 0 Å². The molecule has 2 heteroatoms. The van der Waals surface area contributed by atoms with Crippen molar-refractivity contribution in [1.82, 2.24) is 0 Å². The Morgan fingerprint density at radius 3 is 2.83 bits per heavy atom. The Morgan fingerprint density at radius 2 is 2.08 bits per heavy atom. The van der Waals surface area contributed by atoms with Crippen molar-refractivity contribution < 1.29 is 4.79 Å². The smallest absolute Gasteiger partial charge is 0.252 e. The maximum absolute atomic E-state index is 10.9. The van der Waals surface area contributed by atoms with Gasteiger partial charge in [-0.15, -0.1) is 0 Å². The minimum atomic E-state index is -0.361. The third kappa shape index (κ3) is 1.07. The second-order valence-electron chi connectivity index (χ2n) is 2.75. The van der Waals surface area contributed by atoms with E-state index in [2.05, 4.69) is 0 Å². The zero-order valence-electron chi connectivity index (χ0n) is 6.38. The summed E-state index contributed by atoms with van der Waals surface area (Å²) in [7, 11) is 0. The number of hydrogen-bond donors (Lipinski definition) is 0. The van der Waals surface area contributed by atoms with Gasteiger partial charge in [0.15, 0.2) is 0 Å². The predicted octanol–water partition coefficient (Wildman–Crippen LogP) is 2.39. The zero-order valence-corrected chi connectivity index (χ0v) is 7.14. The topological polar surface area (TPSA) is 17.1 Å². The molecule has 0 atom stereocenters.